The van der Waals surface area contributed by atoms with Crippen molar-refractivity contribution in [2.45, 2.75) is 60.6 Å². The number of aromatic nitrogens is 1. The number of hydroxylamine groups is 2. The molecule has 3 rings (SSSR count). The quantitative estimate of drug-likeness (QED) is 0.155. The van der Waals surface area contributed by atoms with E-state index in [4.69, 9.17) is 9.39 Å². The maximum absolute atomic E-state index is 12.8. The lowest BCUT2D eigenvalue weighted by Crippen LogP contribution is -2.36. The van der Waals surface area contributed by atoms with E-state index in [0.29, 0.717) is 31.4 Å². The number of carbonyl (C=O) groups excluding carboxylic acids is 4. The summed E-state index contributed by atoms with van der Waals surface area (Å²) in [6, 6.07) is 11.4. The Hall–Kier alpha value is -2.94. The summed E-state index contributed by atoms with van der Waals surface area (Å²) in [5, 5.41) is 1.84. The molecule has 204 valence electrons. The van der Waals surface area contributed by atoms with Gasteiger partial charge in [0, 0.05) is 24.1 Å². The van der Waals surface area contributed by atoms with Crippen LogP contribution >= 0.6 is 21.6 Å². The smallest absolute Gasteiger partial charge is 0.333 e. The average Bonchev–Trinajstić information content (AvgIpc) is 3.18. The second-order valence-corrected chi connectivity index (χ2v) is 12.1. The summed E-state index contributed by atoms with van der Waals surface area (Å²) in [5.41, 5.74) is 1.67. The minimum Gasteiger partial charge on any atom is -0.352 e. The van der Waals surface area contributed by atoms with Gasteiger partial charge >= 0.3 is 5.97 Å². The number of imide groups is 1. The van der Waals surface area contributed by atoms with Gasteiger partial charge in [-0.15, -0.1) is 5.06 Å². The van der Waals surface area contributed by atoms with Crippen LogP contribution in [0, 0.1) is 0 Å². The van der Waals surface area contributed by atoms with Crippen molar-refractivity contribution in [2.75, 3.05) is 6.54 Å². The minimum absolute atomic E-state index is 0.0898. The Kier molecular flexibility index (Phi) is 10.7. The van der Waals surface area contributed by atoms with E-state index in [1.165, 1.54) is 21.6 Å². The summed E-state index contributed by atoms with van der Waals surface area (Å²) in [6.45, 7) is 2.42. The number of nitrogens with zero attached hydrogens (tertiary/aromatic N) is 2. The fourth-order valence-electron chi connectivity index (χ4n) is 3.45. The van der Waals surface area contributed by atoms with E-state index in [-0.39, 0.29) is 17.4 Å². The second kappa shape index (κ2) is 13.7. The van der Waals surface area contributed by atoms with Crippen LogP contribution in [-0.4, -0.2) is 58.5 Å². The second-order valence-electron chi connectivity index (χ2n) is 8.28. The van der Waals surface area contributed by atoms with Crippen LogP contribution in [0.1, 0.15) is 54.9 Å². The van der Waals surface area contributed by atoms with Gasteiger partial charge in [-0.25, -0.2) is 9.78 Å². The fourth-order valence-corrected chi connectivity index (χ4v) is 6.26. The normalized spacial score (nSPS) is 15.5. The molecule has 14 heteroatoms. The van der Waals surface area contributed by atoms with Crippen LogP contribution in [-0.2, 0) is 35.8 Å². The summed E-state index contributed by atoms with van der Waals surface area (Å²) in [4.78, 5) is 58.3. The molecular formula is C24H27N3O8S3. The van der Waals surface area contributed by atoms with Crippen LogP contribution < -0.4 is 5.32 Å². The molecule has 1 saturated heterocycles. The molecule has 38 heavy (non-hydrogen) atoms. The first-order valence-corrected chi connectivity index (χ1v) is 15.5. The third kappa shape index (κ3) is 8.28. The number of nitrogens with one attached hydrogen (secondary N) is 1. The van der Waals surface area contributed by atoms with Crippen molar-refractivity contribution in [3.63, 3.8) is 0 Å². The summed E-state index contributed by atoms with van der Waals surface area (Å²) in [6.07, 6.45) is 3.14. The third-order valence-corrected chi connectivity index (χ3v) is 8.91. The Morgan fingerprint density at radius 2 is 1.95 bits per heavy atom. The topological polar surface area (TPSA) is 160 Å². The van der Waals surface area contributed by atoms with E-state index in [0.717, 1.165) is 21.9 Å². The summed E-state index contributed by atoms with van der Waals surface area (Å²) in [7, 11) is -1.84. The molecule has 2 N–H and O–H groups in total. The number of carbonyl (C=O) groups is 4. The van der Waals surface area contributed by atoms with Crippen molar-refractivity contribution in [3.05, 3.63) is 53.7 Å². The molecule has 0 radical (unpaired) electrons. The number of unbranched alkanes of at least 4 members (excludes halogenated alkanes) is 2. The summed E-state index contributed by atoms with van der Waals surface area (Å²) >= 11 is 0. The van der Waals surface area contributed by atoms with Gasteiger partial charge < -0.3 is 10.2 Å². The van der Waals surface area contributed by atoms with Crippen molar-refractivity contribution in [1.29, 1.82) is 0 Å². The Morgan fingerprint density at radius 3 is 2.61 bits per heavy atom. The van der Waals surface area contributed by atoms with Gasteiger partial charge in [0.05, 0.1) is 12.0 Å². The van der Waals surface area contributed by atoms with Gasteiger partial charge in [0.2, 0.25) is 0 Å². The number of hydrogen-bond donors (Lipinski definition) is 2. The van der Waals surface area contributed by atoms with Gasteiger partial charge in [-0.3, -0.25) is 18.9 Å². The van der Waals surface area contributed by atoms with Gasteiger partial charge in [-0.1, -0.05) is 36.3 Å². The highest BCUT2D eigenvalue weighted by Gasteiger charge is 2.48. The van der Waals surface area contributed by atoms with E-state index >= 15 is 0 Å². The Labute approximate surface area is 228 Å². The SMILES string of the molecule is CCc1ccc(C(=O)NCCCCCC(=O)ON2C(=O)CC(S(=O)(=O)O)C2=O)c(SSc2ccccn2)c1. The van der Waals surface area contributed by atoms with Crippen LogP contribution in [0.4, 0.5) is 0 Å². The molecule has 11 nitrogen and oxygen atoms in total. The molecule has 1 fully saturated rings. The van der Waals surface area contributed by atoms with E-state index in [2.05, 4.69) is 10.3 Å². The Morgan fingerprint density at radius 1 is 1.16 bits per heavy atom. The number of benzene rings is 1. The van der Waals surface area contributed by atoms with E-state index in [1.807, 2.05) is 37.3 Å². The minimum atomic E-state index is -4.77. The molecule has 1 aromatic heterocycles. The summed E-state index contributed by atoms with van der Waals surface area (Å²) < 4.78 is 31.3. The molecule has 0 aliphatic carbocycles. The van der Waals surface area contributed by atoms with Crippen molar-refractivity contribution < 1.29 is 37.0 Å². The fraction of sp³-hybridized carbons (Fsp3) is 0.375. The van der Waals surface area contributed by atoms with E-state index in [1.54, 1.807) is 12.3 Å². The lowest BCUT2D eigenvalue weighted by Gasteiger charge is -2.13. The molecule has 1 aliphatic heterocycles. The monoisotopic (exact) mass is 581 g/mol. The van der Waals surface area contributed by atoms with Gasteiger partial charge in [-0.2, -0.15) is 8.42 Å². The first-order valence-electron chi connectivity index (χ1n) is 11.8. The van der Waals surface area contributed by atoms with Gasteiger partial charge in [-0.05, 0) is 59.9 Å². The molecule has 0 saturated carbocycles. The van der Waals surface area contributed by atoms with Crippen molar-refractivity contribution in [3.8, 4) is 0 Å². The number of rotatable bonds is 13. The molecule has 0 spiro atoms. The van der Waals surface area contributed by atoms with Gasteiger partial charge in [0.25, 0.3) is 27.8 Å². The number of amides is 3. The molecule has 2 heterocycles. The first kappa shape index (κ1) is 29.6. The molecule has 1 aliphatic rings. The first-order chi connectivity index (χ1) is 18.1. The molecule has 1 unspecified atom stereocenters. The highest BCUT2D eigenvalue weighted by molar-refractivity contribution is 8.76. The predicted molar refractivity (Wildman–Crippen MR) is 140 cm³/mol. The van der Waals surface area contributed by atoms with Crippen LogP contribution in [0.2, 0.25) is 0 Å². The van der Waals surface area contributed by atoms with Crippen LogP contribution in [0.25, 0.3) is 0 Å². The zero-order chi connectivity index (χ0) is 27.7. The standard InChI is InChI=1S/C24H27N3O8S3/c1-2-16-10-11-17(18(14-16)36-37-20-8-5-7-12-25-20)23(30)26-13-6-3-4-9-22(29)35-27-21(28)15-19(24(27)31)38(32,33)34/h5,7-8,10-12,14,19H,2-4,6,9,13,15H2,1H3,(H,26,30)(H,32,33,34). The zero-order valence-electron chi connectivity index (χ0n) is 20.5. The number of hydrogen-bond acceptors (Lipinski definition) is 10. The number of pyridine rings is 1. The van der Waals surface area contributed by atoms with Crippen LogP contribution in [0.5, 0.6) is 0 Å². The van der Waals surface area contributed by atoms with Gasteiger partial charge in [0.1, 0.15) is 5.03 Å². The van der Waals surface area contributed by atoms with Crippen molar-refractivity contribution >= 4 is 55.4 Å². The Bertz CT molecular complexity index is 1290. The van der Waals surface area contributed by atoms with Crippen LogP contribution in [0.3, 0.4) is 0 Å². The average molecular weight is 582 g/mol. The zero-order valence-corrected chi connectivity index (χ0v) is 22.9. The summed E-state index contributed by atoms with van der Waals surface area (Å²) in [5.74, 6) is -3.40. The highest BCUT2D eigenvalue weighted by atomic mass is 33.1. The maximum Gasteiger partial charge on any atom is 0.333 e. The molecule has 0 bridgehead atoms. The van der Waals surface area contributed by atoms with Gasteiger partial charge in [0.15, 0.2) is 5.25 Å². The molecule has 1 aromatic carbocycles. The Balaban J connectivity index is 1.41. The van der Waals surface area contributed by atoms with Crippen molar-refractivity contribution in [1.82, 2.24) is 15.4 Å². The number of aryl methyl sites for hydroxylation is 1. The highest BCUT2D eigenvalue weighted by Crippen LogP contribution is 2.38. The lowest BCUT2D eigenvalue weighted by molar-refractivity contribution is -0.197. The molecule has 2 aromatic rings. The molecular weight excluding hydrogens is 554 g/mol. The van der Waals surface area contributed by atoms with E-state index < -0.39 is 39.6 Å². The lowest BCUT2D eigenvalue weighted by atomic mass is 10.1. The largest absolute Gasteiger partial charge is 0.352 e. The molecule has 1 atom stereocenters. The van der Waals surface area contributed by atoms with Crippen molar-refractivity contribution in [2.24, 2.45) is 0 Å². The predicted octanol–water partition coefficient (Wildman–Crippen LogP) is 3.21. The van der Waals surface area contributed by atoms with E-state index in [9.17, 15) is 27.6 Å². The molecule has 3 amide bonds. The maximum atomic E-state index is 12.8. The third-order valence-electron chi connectivity index (χ3n) is 5.51. The van der Waals surface area contributed by atoms with Crippen LogP contribution in [0.15, 0.2) is 52.5 Å².